The molecule has 1 aromatic rings. The minimum Gasteiger partial charge on any atom is -0.381 e. The molecule has 0 aromatic heterocycles. The van der Waals surface area contributed by atoms with E-state index in [4.69, 9.17) is 4.74 Å². The number of aryl methyl sites for hydroxylation is 1. The lowest BCUT2D eigenvalue weighted by Gasteiger charge is -2.39. The van der Waals surface area contributed by atoms with Gasteiger partial charge in [0.1, 0.15) is 6.04 Å². The van der Waals surface area contributed by atoms with Gasteiger partial charge in [-0.05, 0) is 30.9 Å². The molecule has 2 N–H and O–H groups in total. The summed E-state index contributed by atoms with van der Waals surface area (Å²) in [5.41, 5.74) is 0.999. The van der Waals surface area contributed by atoms with Gasteiger partial charge in [0, 0.05) is 45.9 Å². The van der Waals surface area contributed by atoms with Gasteiger partial charge >= 0.3 is 6.18 Å². The van der Waals surface area contributed by atoms with Crippen molar-refractivity contribution in [3.8, 4) is 0 Å². The van der Waals surface area contributed by atoms with E-state index in [2.05, 4.69) is 10.6 Å². The van der Waals surface area contributed by atoms with E-state index in [1.54, 1.807) is 0 Å². The number of nitrogens with one attached hydrogen (secondary N) is 2. The zero-order valence-corrected chi connectivity index (χ0v) is 17.4. The van der Waals surface area contributed by atoms with Crippen molar-refractivity contribution in [1.82, 2.24) is 15.5 Å². The first-order chi connectivity index (χ1) is 13.3. The Labute approximate surface area is 175 Å². The number of rotatable bonds is 5. The van der Waals surface area contributed by atoms with Crippen LogP contribution in [0.4, 0.5) is 13.2 Å². The van der Waals surface area contributed by atoms with E-state index >= 15 is 0 Å². The van der Waals surface area contributed by atoms with Gasteiger partial charge in [-0.3, -0.25) is 9.69 Å². The summed E-state index contributed by atoms with van der Waals surface area (Å²) in [5.74, 6) is -0.338. The van der Waals surface area contributed by atoms with Gasteiger partial charge in [0.2, 0.25) is 5.91 Å². The van der Waals surface area contributed by atoms with Crippen molar-refractivity contribution in [2.45, 2.75) is 37.4 Å². The monoisotopic (exact) mass is 435 g/mol. The second-order valence-corrected chi connectivity index (χ2v) is 7.56. The molecule has 2 saturated heterocycles. The molecule has 2 aliphatic heterocycles. The molecule has 2 aliphatic rings. The molecule has 0 aliphatic carbocycles. The van der Waals surface area contributed by atoms with Gasteiger partial charge in [-0.15, -0.1) is 12.4 Å². The zero-order valence-electron chi connectivity index (χ0n) is 16.6. The largest absolute Gasteiger partial charge is 0.405 e. The van der Waals surface area contributed by atoms with Crippen LogP contribution in [0.1, 0.15) is 24.0 Å². The summed E-state index contributed by atoms with van der Waals surface area (Å²) in [6.07, 6.45) is -3.46. The summed E-state index contributed by atoms with van der Waals surface area (Å²) in [7, 11) is 0. The fraction of sp³-hybridized carbons (Fsp3) is 0.650. The number of halogens is 4. The Bertz CT molecular complexity index is 675. The molecule has 2 heterocycles. The van der Waals surface area contributed by atoms with E-state index < -0.39 is 24.2 Å². The average molecular weight is 436 g/mol. The molecule has 164 valence electrons. The number of nitrogens with zero attached hydrogens (tertiary/aromatic N) is 1. The Morgan fingerprint density at radius 2 is 1.86 bits per heavy atom. The van der Waals surface area contributed by atoms with Gasteiger partial charge in [-0.2, -0.15) is 13.2 Å². The van der Waals surface area contributed by atoms with Crippen LogP contribution >= 0.6 is 12.4 Å². The highest BCUT2D eigenvalue weighted by Crippen LogP contribution is 2.37. The maximum Gasteiger partial charge on any atom is 0.405 e. The Kier molecular flexibility index (Phi) is 8.34. The predicted octanol–water partition coefficient (Wildman–Crippen LogP) is 2.42. The molecular weight excluding hydrogens is 407 g/mol. The Morgan fingerprint density at radius 1 is 1.24 bits per heavy atom. The molecule has 9 heteroatoms. The molecule has 0 spiro atoms. The van der Waals surface area contributed by atoms with Crippen LogP contribution in [0.5, 0.6) is 0 Å². The first-order valence-corrected chi connectivity index (χ1v) is 9.78. The molecule has 29 heavy (non-hydrogen) atoms. The van der Waals surface area contributed by atoms with Gasteiger partial charge < -0.3 is 15.4 Å². The van der Waals surface area contributed by atoms with Crippen LogP contribution in [0, 0.1) is 6.92 Å². The van der Waals surface area contributed by atoms with Gasteiger partial charge in [-0.1, -0.05) is 24.3 Å². The van der Waals surface area contributed by atoms with Crippen LogP contribution in [0.25, 0.3) is 0 Å². The lowest BCUT2D eigenvalue weighted by atomic mass is 9.71. The fourth-order valence-corrected chi connectivity index (χ4v) is 4.25. The van der Waals surface area contributed by atoms with E-state index in [1.807, 2.05) is 31.2 Å². The van der Waals surface area contributed by atoms with Crippen molar-refractivity contribution < 1.29 is 22.7 Å². The van der Waals surface area contributed by atoms with Crippen molar-refractivity contribution in [3.05, 3.63) is 35.4 Å². The Hall–Kier alpha value is -1.35. The maximum atomic E-state index is 13.6. The first kappa shape index (κ1) is 23.9. The van der Waals surface area contributed by atoms with Gasteiger partial charge in [-0.25, -0.2) is 0 Å². The first-order valence-electron chi connectivity index (χ1n) is 9.78. The number of piperazine rings is 1. The molecule has 3 rings (SSSR count). The fourth-order valence-electron chi connectivity index (χ4n) is 4.25. The van der Waals surface area contributed by atoms with E-state index in [0.717, 1.165) is 11.1 Å². The summed E-state index contributed by atoms with van der Waals surface area (Å²) in [6, 6.07) is 5.92. The molecule has 0 saturated carbocycles. The average Bonchev–Trinajstić information content (AvgIpc) is 2.68. The minimum absolute atomic E-state index is 0. The molecule has 1 atom stereocenters. The van der Waals surface area contributed by atoms with Crippen molar-refractivity contribution >= 4 is 18.3 Å². The molecule has 0 radical (unpaired) electrons. The van der Waals surface area contributed by atoms with Crippen LogP contribution < -0.4 is 10.6 Å². The smallest absolute Gasteiger partial charge is 0.381 e. The summed E-state index contributed by atoms with van der Waals surface area (Å²) >= 11 is 0. The number of ether oxygens (including phenoxy) is 1. The predicted molar refractivity (Wildman–Crippen MR) is 107 cm³/mol. The van der Waals surface area contributed by atoms with Crippen LogP contribution in [0.3, 0.4) is 0 Å². The number of carbonyl (C=O) groups is 1. The zero-order chi connectivity index (χ0) is 20.2. The van der Waals surface area contributed by atoms with Crippen molar-refractivity contribution in [2.75, 3.05) is 45.9 Å². The highest BCUT2D eigenvalue weighted by Gasteiger charge is 2.46. The van der Waals surface area contributed by atoms with Crippen molar-refractivity contribution in [3.63, 3.8) is 0 Å². The standard InChI is InChI=1S/C20H28F3N3O2.ClH/c1-15-4-2-3-5-16(15)19(6-12-28-13-7-19)18(27)25-14-17(20(21,22)23)26-10-8-24-9-11-26;/h2-5,17,24H,6-14H2,1H3,(H,25,27);1H. The number of hydrogen-bond acceptors (Lipinski definition) is 4. The van der Waals surface area contributed by atoms with Crippen LogP contribution in [-0.2, 0) is 14.9 Å². The van der Waals surface area contributed by atoms with Gasteiger partial charge in [0.25, 0.3) is 0 Å². The molecule has 0 bridgehead atoms. The lowest BCUT2D eigenvalue weighted by molar-refractivity contribution is -0.184. The number of alkyl halides is 3. The third kappa shape index (κ3) is 5.42. The van der Waals surface area contributed by atoms with Crippen LogP contribution in [-0.4, -0.2) is 69.0 Å². The van der Waals surface area contributed by atoms with Crippen LogP contribution in [0.15, 0.2) is 24.3 Å². The van der Waals surface area contributed by atoms with Crippen LogP contribution in [0.2, 0.25) is 0 Å². The number of carbonyl (C=O) groups excluding carboxylic acids is 1. The lowest BCUT2D eigenvalue weighted by Crippen LogP contribution is -2.59. The van der Waals surface area contributed by atoms with E-state index in [0.29, 0.717) is 52.2 Å². The van der Waals surface area contributed by atoms with E-state index in [1.165, 1.54) is 4.90 Å². The quantitative estimate of drug-likeness (QED) is 0.746. The van der Waals surface area contributed by atoms with E-state index in [9.17, 15) is 18.0 Å². The third-order valence-corrected chi connectivity index (χ3v) is 5.87. The number of benzene rings is 1. The summed E-state index contributed by atoms with van der Waals surface area (Å²) < 4.78 is 46.4. The molecule has 1 aromatic carbocycles. The minimum atomic E-state index is -4.39. The van der Waals surface area contributed by atoms with E-state index in [-0.39, 0.29) is 18.3 Å². The third-order valence-electron chi connectivity index (χ3n) is 5.87. The molecule has 2 fully saturated rings. The molecule has 1 amide bonds. The van der Waals surface area contributed by atoms with Crippen molar-refractivity contribution in [2.24, 2.45) is 0 Å². The number of hydrogen-bond donors (Lipinski definition) is 2. The number of amides is 1. The molecule has 5 nitrogen and oxygen atoms in total. The molecule has 1 unspecified atom stereocenters. The Morgan fingerprint density at radius 3 is 2.45 bits per heavy atom. The van der Waals surface area contributed by atoms with Crippen molar-refractivity contribution in [1.29, 1.82) is 0 Å². The maximum absolute atomic E-state index is 13.6. The summed E-state index contributed by atoms with van der Waals surface area (Å²) in [6.45, 7) is 4.00. The summed E-state index contributed by atoms with van der Waals surface area (Å²) in [5, 5.41) is 5.71. The van der Waals surface area contributed by atoms with Gasteiger partial charge in [0.15, 0.2) is 0 Å². The summed E-state index contributed by atoms with van der Waals surface area (Å²) in [4.78, 5) is 14.6. The normalized spacial score (nSPS) is 21.1. The highest BCUT2D eigenvalue weighted by molar-refractivity contribution is 5.88. The second-order valence-electron chi connectivity index (χ2n) is 7.56. The molecular formula is C20H29ClF3N3O2. The SMILES string of the molecule is Cc1ccccc1C1(C(=O)NCC(N2CCNCC2)C(F)(F)F)CCOCC1.Cl. The van der Waals surface area contributed by atoms with Gasteiger partial charge in [0.05, 0.1) is 5.41 Å². The Balaban J connectivity index is 0.00000300. The second kappa shape index (κ2) is 10.1. The topological polar surface area (TPSA) is 53.6 Å². The highest BCUT2D eigenvalue weighted by atomic mass is 35.5.